The summed E-state index contributed by atoms with van der Waals surface area (Å²) in [6.45, 7) is 1.24. The summed E-state index contributed by atoms with van der Waals surface area (Å²) >= 11 is 0. The van der Waals surface area contributed by atoms with Crippen LogP contribution >= 0.6 is 0 Å². The van der Waals surface area contributed by atoms with E-state index >= 15 is 0 Å². The molecule has 2 rings (SSSR count). The third-order valence-electron chi connectivity index (χ3n) is 3.04. The van der Waals surface area contributed by atoms with Gasteiger partial charge in [0.25, 0.3) is 0 Å². The largest absolute Gasteiger partial charge is 0.241 e. The van der Waals surface area contributed by atoms with Crippen LogP contribution < -0.4 is 0 Å². The van der Waals surface area contributed by atoms with E-state index < -0.39 is 10.0 Å². The van der Waals surface area contributed by atoms with Crippen molar-refractivity contribution in [1.82, 2.24) is 14.3 Å². The fourth-order valence-corrected chi connectivity index (χ4v) is 3.13. The second kappa shape index (κ2) is 5.10. The summed E-state index contributed by atoms with van der Waals surface area (Å²) in [5.41, 5.74) is 0. The average molecular weight is 255 g/mol. The molecular weight excluding hydrogens is 238 g/mol. The maximum atomic E-state index is 11.5. The average Bonchev–Trinajstić information content (AvgIpc) is 2.29. The maximum absolute atomic E-state index is 11.5. The molecule has 0 aliphatic carbocycles. The van der Waals surface area contributed by atoms with Crippen molar-refractivity contribution >= 4 is 10.0 Å². The van der Waals surface area contributed by atoms with E-state index in [4.69, 9.17) is 0 Å². The monoisotopic (exact) mass is 255 g/mol. The first-order valence-electron chi connectivity index (χ1n) is 5.77. The van der Waals surface area contributed by atoms with Crippen LogP contribution in [0.3, 0.4) is 0 Å². The zero-order chi connectivity index (χ0) is 12.3. The van der Waals surface area contributed by atoms with Crippen LogP contribution in [0.5, 0.6) is 0 Å². The Bertz CT molecular complexity index is 461. The van der Waals surface area contributed by atoms with Gasteiger partial charge in [0.2, 0.25) is 10.0 Å². The lowest BCUT2D eigenvalue weighted by Gasteiger charge is -2.30. The summed E-state index contributed by atoms with van der Waals surface area (Å²) in [7, 11) is -3.06. The molecule has 0 saturated carbocycles. The Kier molecular flexibility index (Phi) is 3.73. The van der Waals surface area contributed by atoms with Crippen molar-refractivity contribution in [2.75, 3.05) is 19.3 Å². The van der Waals surface area contributed by atoms with E-state index in [2.05, 4.69) is 9.97 Å². The Morgan fingerprint density at radius 1 is 1.41 bits per heavy atom. The molecule has 0 bridgehead atoms. The van der Waals surface area contributed by atoms with Crippen molar-refractivity contribution in [3.05, 3.63) is 24.3 Å². The first kappa shape index (κ1) is 12.4. The molecular formula is C11H17N3O2S. The molecule has 0 amide bonds. The predicted molar refractivity (Wildman–Crippen MR) is 64.9 cm³/mol. The second-order valence-corrected chi connectivity index (χ2v) is 6.48. The Hall–Kier alpha value is -1.01. The minimum atomic E-state index is -3.06. The summed E-state index contributed by atoms with van der Waals surface area (Å²) in [6, 6.07) is 1.78. The molecule has 1 aromatic heterocycles. The van der Waals surface area contributed by atoms with Crippen molar-refractivity contribution in [3.8, 4) is 0 Å². The lowest BCUT2D eigenvalue weighted by Crippen LogP contribution is -2.39. The summed E-state index contributed by atoms with van der Waals surface area (Å²) in [5.74, 6) is 1.13. The molecule has 1 saturated heterocycles. The fourth-order valence-electron chi connectivity index (χ4n) is 2.19. The van der Waals surface area contributed by atoms with E-state index in [-0.39, 0.29) is 0 Å². The highest BCUT2D eigenvalue weighted by Crippen LogP contribution is 2.20. The van der Waals surface area contributed by atoms with Gasteiger partial charge in [-0.15, -0.1) is 0 Å². The van der Waals surface area contributed by atoms with Crippen LogP contribution in [0.2, 0.25) is 0 Å². The molecule has 0 spiro atoms. The molecule has 1 fully saturated rings. The van der Waals surface area contributed by atoms with Gasteiger partial charge in [-0.2, -0.15) is 0 Å². The molecule has 17 heavy (non-hydrogen) atoms. The molecule has 94 valence electrons. The summed E-state index contributed by atoms with van der Waals surface area (Å²) in [4.78, 5) is 8.36. The highest BCUT2D eigenvalue weighted by atomic mass is 32.2. The molecule has 1 aliphatic rings. The fraction of sp³-hybridized carbons (Fsp3) is 0.636. The van der Waals surface area contributed by atoms with Crippen molar-refractivity contribution < 1.29 is 8.42 Å². The van der Waals surface area contributed by atoms with E-state index in [1.807, 2.05) is 0 Å². The second-order valence-electron chi connectivity index (χ2n) is 4.50. The van der Waals surface area contributed by atoms with Crippen LogP contribution in [0.4, 0.5) is 0 Å². The zero-order valence-electron chi connectivity index (χ0n) is 9.91. The molecule has 1 atom stereocenters. The highest BCUT2D eigenvalue weighted by molar-refractivity contribution is 7.88. The number of sulfonamides is 1. The van der Waals surface area contributed by atoms with Gasteiger partial charge in [-0.05, 0) is 24.8 Å². The molecule has 2 heterocycles. The van der Waals surface area contributed by atoms with E-state index in [0.29, 0.717) is 19.0 Å². The summed E-state index contributed by atoms with van der Waals surface area (Å²) in [6.07, 6.45) is 7.44. The minimum absolute atomic E-state index is 0.334. The zero-order valence-corrected chi connectivity index (χ0v) is 10.7. The van der Waals surface area contributed by atoms with Gasteiger partial charge in [-0.1, -0.05) is 0 Å². The number of nitrogens with zero attached hydrogens (tertiary/aromatic N) is 3. The molecule has 1 aromatic rings. The topological polar surface area (TPSA) is 63.2 Å². The molecule has 0 unspecified atom stereocenters. The van der Waals surface area contributed by atoms with Gasteiger partial charge in [0.1, 0.15) is 5.82 Å². The van der Waals surface area contributed by atoms with Crippen molar-refractivity contribution in [1.29, 1.82) is 0 Å². The van der Waals surface area contributed by atoms with Crippen LogP contribution in [0.1, 0.15) is 18.7 Å². The van der Waals surface area contributed by atoms with Gasteiger partial charge in [0.15, 0.2) is 0 Å². The van der Waals surface area contributed by atoms with Crippen molar-refractivity contribution in [2.24, 2.45) is 5.92 Å². The van der Waals surface area contributed by atoms with Gasteiger partial charge in [-0.25, -0.2) is 22.7 Å². The molecule has 1 aliphatic heterocycles. The van der Waals surface area contributed by atoms with Crippen LogP contribution in [0.15, 0.2) is 18.5 Å². The van der Waals surface area contributed by atoms with Gasteiger partial charge in [-0.3, -0.25) is 0 Å². The third-order valence-corrected chi connectivity index (χ3v) is 4.31. The number of piperidine rings is 1. The Morgan fingerprint density at radius 3 is 2.76 bits per heavy atom. The van der Waals surface area contributed by atoms with E-state index in [0.717, 1.165) is 25.1 Å². The van der Waals surface area contributed by atoms with Gasteiger partial charge < -0.3 is 0 Å². The maximum Gasteiger partial charge on any atom is 0.211 e. The minimum Gasteiger partial charge on any atom is -0.241 e. The van der Waals surface area contributed by atoms with E-state index in [1.54, 1.807) is 22.8 Å². The first-order valence-corrected chi connectivity index (χ1v) is 7.61. The lowest BCUT2D eigenvalue weighted by atomic mass is 9.96. The predicted octanol–water partition coefficient (Wildman–Crippen LogP) is 0.691. The SMILES string of the molecule is CS(=O)(=O)N1CCC[C@@H](Cc2ncccn2)C1. The summed E-state index contributed by atoms with van der Waals surface area (Å²) < 4.78 is 24.5. The van der Waals surface area contributed by atoms with Crippen LogP contribution in [0.25, 0.3) is 0 Å². The Balaban J connectivity index is 1.99. The summed E-state index contributed by atoms with van der Waals surface area (Å²) in [5, 5.41) is 0. The van der Waals surface area contributed by atoms with Crippen LogP contribution in [-0.4, -0.2) is 42.0 Å². The van der Waals surface area contributed by atoms with Crippen LogP contribution in [0, 0.1) is 5.92 Å². The van der Waals surface area contributed by atoms with Gasteiger partial charge in [0.05, 0.1) is 6.26 Å². The molecule has 6 heteroatoms. The van der Waals surface area contributed by atoms with Gasteiger partial charge >= 0.3 is 0 Å². The molecule has 5 nitrogen and oxygen atoms in total. The molecule has 0 radical (unpaired) electrons. The standard InChI is InChI=1S/C11H17N3O2S/c1-17(15,16)14-7-2-4-10(9-14)8-11-12-5-3-6-13-11/h3,5-6,10H,2,4,7-9H2,1H3/t10-/m0/s1. The van der Waals surface area contributed by atoms with Crippen molar-refractivity contribution in [2.45, 2.75) is 19.3 Å². The third kappa shape index (κ3) is 3.47. The van der Waals surface area contributed by atoms with Crippen LogP contribution in [-0.2, 0) is 16.4 Å². The molecule has 0 aromatic carbocycles. The first-order chi connectivity index (χ1) is 8.05. The lowest BCUT2D eigenvalue weighted by molar-refractivity contribution is 0.264. The number of aromatic nitrogens is 2. The normalized spacial score (nSPS) is 22.5. The van der Waals surface area contributed by atoms with Gasteiger partial charge in [0, 0.05) is 31.9 Å². The quantitative estimate of drug-likeness (QED) is 0.797. The van der Waals surface area contributed by atoms with E-state index in [9.17, 15) is 8.42 Å². The highest BCUT2D eigenvalue weighted by Gasteiger charge is 2.26. The Morgan fingerprint density at radius 2 is 2.12 bits per heavy atom. The van der Waals surface area contributed by atoms with Crippen molar-refractivity contribution in [3.63, 3.8) is 0 Å². The Labute approximate surface area is 102 Å². The molecule has 0 N–H and O–H groups in total. The smallest absolute Gasteiger partial charge is 0.211 e. The number of rotatable bonds is 3. The number of hydrogen-bond donors (Lipinski definition) is 0. The number of hydrogen-bond acceptors (Lipinski definition) is 4. The van der Waals surface area contributed by atoms with E-state index in [1.165, 1.54) is 6.26 Å².